The first kappa shape index (κ1) is 30.4. The van der Waals surface area contributed by atoms with Crippen molar-refractivity contribution in [3.63, 3.8) is 0 Å². The van der Waals surface area contributed by atoms with Crippen molar-refractivity contribution in [3.8, 4) is 5.75 Å². The predicted molar refractivity (Wildman–Crippen MR) is 149 cm³/mol. The van der Waals surface area contributed by atoms with Gasteiger partial charge in [0.25, 0.3) is 5.91 Å². The van der Waals surface area contributed by atoms with Crippen LogP contribution in [-0.2, 0) is 9.47 Å². The van der Waals surface area contributed by atoms with Crippen molar-refractivity contribution in [1.82, 2.24) is 15.3 Å². The van der Waals surface area contributed by atoms with Gasteiger partial charge >= 0.3 is 12.1 Å². The number of anilines is 1. The van der Waals surface area contributed by atoms with E-state index in [9.17, 15) is 14.4 Å². The molecule has 0 fully saturated rings. The van der Waals surface area contributed by atoms with Gasteiger partial charge in [-0.3, -0.25) is 4.79 Å². The first-order valence-corrected chi connectivity index (χ1v) is 13.2. The van der Waals surface area contributed by atoms with Crippen LogP contribution in [0.25, 0.3) is 10.9 Å². The summed E-state index contributed by atoms with van der Waals surface area (Å²) in [6.45, 7) is 13.8. The van der Waals surface area contributed by atoms with Gasteiger partial charge in [-0.2, -0.15) is 0 Å². The Morgan fingerprint density at radius 1 is 1.02 bits per heavy atom. The van der Waals surface area contributed by atoms with Gasteiger partial charge in [-0.05, 0) is 51.2 Å². The third-order valence-electron chi connectivity index (χ3n) is 5.47. The van der Waals surface area contributed by atoms with E-state index < -0.39 is 29.6 Å². The van der Waals surface area contributed by atoms with Crippen LogP contribution in [0.2, 0.25) is 0 Å². The minimum Gasteiger partial charge on any atom is -0.493 e. The van der Waals surface area contributed by atoms with Gasteiger partial charge < -0.3 is 29.3 Å². The van der Waals surface area contributed by atoms with Gasteiger partial charge in [0.2, 0.25) is 5.89 Å². The maximum atomic E-state index is 13.2. The molecule has 11 heteroatoms. The van der Waals surface area contributed by atoms with Crippen LogP contribution in [0.3, 0.4) is 0 Å². The number of hydrogen-bond acceptors (Lipinski definition) is 9. The lowest BCUT2D eigenvalue weighted by atomic mass is 10.0. The second kappa shape index (κ2) is 12.8. The van der Waals surface area contributed by atoms with Crippen molar-refractivity contribution in [2.45, 2.75) is 66.5 Å². The molecule has 11 nitrogen and oxygen atoms in total. The van der Waals surface area contributed by atoms with Gasteiger partial charge in [0, 0.05) is 11.5 Å². The highest BCUT2D eigenvalue weighted by atomic mass is 16.6. The van der Waals surface area contributed by atoms with Crippen LogP contribution in [-0.4, -0.2) is 47.3 Å². The quantitative estimate of drug-likeness (QED) is 0.293. The largest absolute Gasteiger partial charge is 0.493 e. The molecule has 216 valence electrons. The molecule has 0 saturated heterocycles. The number of para-hydroxylation sites is 1. The highest BCUT2D eigenvalue weighted by molar-refractivity contribution is 6.08. The lowest BCUT2D eigenvalue weighted by Crippen LogP contribution is -2.35. The summed E-state index contributed by atoms with van der Waals surface area (Å²) in [6.07, 6.45) is 1.13. The zero-order valence-corrected chi connectivity index (χ0v) is 24.3. The molecule has 0 aliphatic heterocycles. The Labute approximate surface area is 234 Å². The van der Waals surface area contributed by atoms with E-state index in [1.165, 1.54) is 19.4 Å². The Kier molecular flexibility index (Phi) is 9.73. The lowest BCUT2D eigenvalue weighted by molar-refractivity contribution is 0.0488. The zero-order valence-electron chi connectivity index (χ0n) is 24.3. The van der Waals surface area contributed by atoms with Crippen molar-refractivity contribution in [2.24, 2.45) is 11.8 Å². The number of aromatic nitrogens is 2. The predicted octanol–water partition coefficient (Wildman–Crippen LogP) is 5.91. The minimum absolute atomic E-state index is 0.00662. The second-order valence-corrected chi connectivity index (χ2v) is 11.3. The smallest absolute Gasteiger partial charge is 0.408 e. The number of benzene rings is 1. The number of carbonyl (C=O) groups is 3. The number of nitrogens with zero attached hydrogens (tertiary/aromatic N) is 2. The Hall–Kier alpha value is -4.15. The molecule has 0 aliphatic rings. The van der Waals surface area contributed by atoms with Crippen LogP contribution in [0.4, 0.5) is 10.5 Å². The third-order valence-corrected chi connectivity index (χ3v) is 5.47. The summed E-state index contributed by atoms with van der Waals surface area (Å²) in [5.74, 6) is -0.118. The van der Waals surface area contributed by atoms with Gasteiger partial charge in [0.1, 0.15) is 23.7 Å². The SMILES string of the molecule is COC(=O)c1cc(OCC(C)C)c2cccc(NC(=O)c3coc(C(CC(C)C)NC(=O)OC(C)(C)C)n3)c2n1. The summed E-state index contributed by atoms with van der Waals surface area (Å²) >= 11 is 0. The summed E-state index contributed by atoms with van der Waals surface area (Å²) in [5.41, 5.74) is 0.0768. The third kappa shape index (κ3) is 8.17. The molecule has 40 heavy (non-hydrogen) atoms. The first-order chi connectivity index (χ1) is 18.8. The number of ether oxygens (including phenoxy) is 3. The average molecular weight is 555 g/mol. The van der Waals surface area contributed by atoms with Crippen LogP contribution in [0, 0.1) is 11.8 Å². The first-order valence-electron chi connectivity index (χ1n) is 13.2. The highest BCUT2D eigenvalue weighted by Crippen LogP contribution is 2.31. The maximum Gasteiger partial charge on any atom is 0.408 e. The molecule has 2 heterocycles. The molecule has 2 aromatic heterocycles. The molecule has 3 aromatic rings. The van der Waals surface area contributed by atoms with Crippen molar-refractivity contribution >= 4 is 34.6 Å². The Bertz CT molecular complexity index is 1360. The van der Waals surface area contributed by atoms with Gasteiger partial charge in [0.05, 0.1) is 24.9 Å². The van der Waals surface area contributed by atoms with E-state index in [0.29, 0.717) is 35.4 Å². The average Bonchev–Trinajstić information content (AvgIpc) is 3.35. The second-order valence-electron chi connectivity index (χ2n) is 11.3. The van der Waals surface area contributed by atoms with E-state index in [2.05, 4.69) is 20.6 Å². The standard InChI is InChI=1S/C29H38N4O7/c1-16(2)12-20(33-28(36)40-29(5,6)7)26-32-22(15-39-26)25(34)31-19-11-9-10-18-23(38-14-17(3)4)13-21(27(35)37-8)30-24(18)19/h9-11,13,15-17,20H,12,14H2,1-8H3,(H,31,34)(H,33,36). The van der Waals surface area contributed by atoms with E-state index in [1.54, 1.807) is 39.0 Å². The number of alkyl carbamates (subject to hydrolysis) is 1. The number of carbonyl (C=O) groups excluding carboxylic acids is 3. The zero-order chi connectivity index (χ0) is 29.6. The molecular formula is C29H38N4O7. The number of fused-ring (bicyclic) bond motifs is 1. The number of rotatable bonds is 10. The molecule has 0 spiro atoms. The van der Waals surface area contributed by atoms with Gasteiger partial charge in [-0.25, -0.2) is 19.6 Å². The number of methoxy groups -OCH3 is 1. The van der Waals surface area contributed by atoms with E-state index in [-0.39, 0.29) is 29.1 Å². The van der Waals surface area contributed by atoms with E-state index in [0.717, 1.165) is 0 Å². The topological polar surface area (TPSA) is 142 Å². The summed E-state index contributed by atoms with van der Waals surface area (Å²) in [4.78, 5) is 46.7. The van der Waals surface area contributed by atoms with Crippen molar-refractivity contribution in [2.75, 3.05) is 19.0 Å². The van der Waals surface area contributed by atoms with Crippen LogP contribution >= 0.6 is 0 Å². The van der Waals surface area contributed by atoms with Crippen molar-refractivity contribution in [3.05, 3.63) is 47.8 Å². The summed E-state index contributed by atoms with van der Waals surface area (Å²) in [5, 5.41) is 6.19. The number of esters is 1. The van der Waals surface area contributed by atoms with E-state index in [4.69, 9.17) is 18.6 Å². The van der Waals surface area contributed by atoms with Gasteiger partial charge in [-0.15, -0.1) is 0 Å². The number of oxazole rings is 1. The van der Waals surface area contributed by atoms with Crippen molar-refractivity contribution in [1.29, 1.82) is 0 Å². The number of amides is 2. The molecule has 1 unspecified atom stereocenters. The van der Waals surface area contributed by atoms with E-state index >= 15 is 0 Å². The summed E-state index contributed by atoms with van der Waals surface area (Å²) in [6, 6.07) is 6.13. The minimum atomic E-state index is -0.673. The van der Waals surface area contributed by atoms with Crippen LogP contribution in [0.5, 0.6) is 5.75 Å². The van der Waals surface area contributed by atoms with Crippen LogP contribution < -0.4 is 15.4 Å². The monoisotopic (exact) mass is 554 g/mol. The van der Waals surface area contributed by atoms with Gasteiger partial charge in [-0.1, -0.05) is 33.8 Å². The summed E-state index contributed by atoms with van der Waals surface area (Å²) < 4.78 is 21.8. The lowest BCUT2D eigenvalue weighted by Gasteiger charge is -2.23. The molecule has 3 rings (SSSR count). The number of hydrogen-bond donors (Lipinski definition) is 2. The fraction of sp³-hybridized carbons (Fsp3) is 0.483. The summed E-state index contributed by atoms with van der Waals surface area (Å²) in [7, 11) is 1.27. The molecule has 1 aromatic carbocycles. The molecule has 0 radical (unpaired) electrons. The van der Waals surface area contributed by atoms with Crippen LogP contribution in [0.1, 0.15) is 87.8 Å². The molecule has 0 bridgehead atoms. The molecule has 0 aliphatic carbocycles. The molecule has 1 atom stereocenters. The Balaban J connectivity index is 1.90. The van der Waals surface area contributed by atoms with Crippen molar-refractivity contribution < 1.29 is 33.0 Å². The highest BCUT2D eigenvalue weighted by Gasteiger charge is 2.26. The molecular weight excluding hydrogens is 516 g/mol. The van der Waals surface area contributed by atoms with E-state index in [1.807, 2.05) is 27.7 Å². The number of nitrogens with one attached hydrogen (secondary N) is 2. The molecule has 2 N–H and O–H groups in total. The maximum absolute atomic E-state index is 13.2. The fourth-order valence-corrected chi connectivity index (χ4v) is 3.78. The Morgan fingerprint density at radius 2 is 1.75 bits per heavy atom. The van der Waals surface area contributed by atoms with Crippen LogP contribution in [0.15, 0.2) is 34.9 Å². The van der Waals surface area contributed by atoms with Gasteiger partial charge in [0.15, 0.2) is 11.4 Å². The number of pyridine rings is 1. The molecule has 2 amide bonds. The molecule has 0 saturated carbocycles. The Morgan fingerprint density at radius 3 is 2.38 bits per heavy atom. The fourth-order valence-electron chi connectivity index (χ4n) is 3.78. The normalized spacial score (nSPS) is 12.3.